The number of anilines is 2. The van der Waals surface area contributed by atoms with Gasteiger partial charge in [0.1, 0.15) is 5.75 Å². The monoisotopic (exact) mass is 479 g/mol. The van der Waals surface area contributed by atoms with Crippen molar-refractivity contribution in [2.45, 2.75) is 38.7 Å². The number of rotatable bonds is 5. The highest BCUT2D eigenvalue weighted by molar-refractivity contribution is 7.92. The Morgan fingerprint density at radius 3 is 2.32 bits per heavy atom. The number of aromatic nitrogens is 1. The molecular weight excluding hydrogens is 450 g/mol. The lowest BCUT2D eigenvalue weighted by molar-refractivity contribution is -0.122. The fourth-order valence-electron chi connectivity index (χ4n) is 3.83. The van der Waals surface area contributed by atoms with E-state index in [4.69, 9.17) is 4.74 Å². The molecule has 0 spiro atoms. The fraction of sp³-hybridized carbons (Fsp3) is 0.308. The minimum absolute atomic E-state index is 0.0919. The van der Waals surface area contributed by atoms with Gasteiger partial charge in [-0.25, -0.2) is 8.42 Å². The average molecular weight is 480 g/mol. The van der Waals surface area contributed by atoms with Crippen molar-refractivity contribution in [3.63, 3.8) is 0 Å². The molecule has 1 amide bonds. The van der Waals surface area contributed by atoms with E-state index >= 15 is 0 Å². The summed E-state index contributed by atoms with van der Waals surface area (Å²) in [6, 6.07) is 16.9. The maximum Gasteiger partial charge on any atom is 0.267 e. The van der Waals surface area contributed by atoms with Crippen LogP contribution < -0.4 is 14.4 Å². The fourth-order valence-corrected chi connectivity index (χ4v) is 4.74. The van der Waals surface area contributed by atoms with Crippen molar-refractivity contribution in [3.05, 3.63) is 83.7 Å². The van der Waals surface area contributed by atoms with E-state index in [9.17, 15) is 13.2 Å². The molecule has 4 rings (SSSR count). The number of fused-ring (bicyclic) bond motifs is 1. The standard InChI is InChI=1S/C26H29N3O4S/c1-26(2,3)20-7-10-23-22(16-20)29(34(4,31)32)17-24(33-23)25(30)28-21-8-5-18(6-9-21)15-19-11-13-27-14-12-19/h5-14,16,24H,15,17H2,1-4H3,(H,28,30)/t24-/m0/s1. The Labute approximate surface area is 200 Å². The van der Waals surface area contributed by atoms with E-state index in [1.807, 2.05) is 48.5 Å². The Morgan fingerprint density at radius 2 is 1.71 bits per heavy atom. The molecule has 0 saturated carbocycles. The first kappa shape index (κ1) is 23.8. The molecule has 1 aliphatic rings. The van der Waals surface area contributed by atoms with Gasteiger partial charge in [0.15, 0.2) is 6.10 Å². The summed E-state index contributed by atoms with van der Waals surface area (Å²) >= 11 is 0. The number of hydrogen-bond acceptors (Lipinski definition) is 5. The van der Waals surface area contributed by atoms with Crippen molar-refractivity contribution in [2.75, 3.05) is 22.4 Å². The maximum absolute atomic E-state index is 13.0. The number of sulfonamides is 1. The SMILES string of the molecule is CC(C)(C)c1ccc2c(c1)N(S(C)(=O)=O)C[C@@H](C(=O)Nc1ccc(Cc3ccncc3)cc1)O2. The first-order chi connectivity index (χ1) is 16.0. The zero-order valence-electron chi connectivity index (χ0n) is 19.8. The maximum atomic E-state index is 13.0. The first-order valence-electron chi connectivity index (χ1n) is 11.1. The van der Waals surface area contributed by atoms with E-state index in [1.165, 1.54) is 4.31 Å². The third-order valence-corrected chi connectivity index (χ3v) is 6.91. The number of carbonyl (C=O) groups excluding carboxylic acids is 1. The van der Waals surface area contributed by atoms with Crippen LogP contribution in [0.2, 0.25) is 0 Å². The van der Waals surface area contributed by atoms with Gasteiger partial charge in [-0.3, -0.25) is 14.1 Å². The van der Waals surface area contributed by atoms with Gasteiger partial charge in [0.2, 0.25) is 10.0 Å². The van der Waals surface area contributed by atoms with Crippen LogP contribution in [-0.4, -0.2) is 38.2 Å². The number of hydrogen-bond donors (Lipinski definition) is 1. The smallest absolute Gasteiger partial charge is 0.267 e. The zero-order chi connectivity index (χ0) is 24.5. The molecule has 34 heavy (non-hydrogen) atoms. The van der Waals surface area contributed by atoms with Crippen LogP contribution in [0.25, 0.3) is 0 Å². The summed E-state index contributed by atoms with van der Waals surface area (Å²) in [5.41, 5.74) is 4.15. The molecule has 1 aromatic heterocycles. The van der Waals surface area contributed by atoms with E-state index in [-0.39, 0.29) is 12.0 Å². The summed E-state index contributed by atoms with van der Waals surface area (Å²) in [6.07, 6.45) is 4.45. The molecule has 0 fully saturated rings. The minimum Gasteiger partial charge on any atom is -0.476 e. The molecular formula is C26H29N3O4S. The molecule has 7 nitrogen and oxygen atoms in total. The van der Waals surface area contributed by atoms with E-state index < -0.39 is 22.0 Å². The van der Waals surface area contributed by atoms with Crippen molar-refractivity contribution < 1.29 is 17.9 Å². The molecule has 2 heterocycles. The summed E-state index contributed by atoms with van der Waals surface area (Å²) in [5.74, 6) is -0.0291. The highest BCUT2D eigenvalue weighted by Gasteiger charge is 2.36. The van der Waals surface area contributed by atoms with Crippen molar-refractivity contribution in [3.8, 4) is 5.75 Å². The summed E-state index contributed by atoms with van der Waals surface area (Å²) in [4.78, 5) is 17.0. The van der Waals surface area contributed by atoms with E-state index in [0.29, 0.717) is 17.1 Å². The quantitative estimate of drug-likeness (QED) is 0.594. The highest BCUT2D eigenvalue weighted by atomic mass is 32.2. The number of carbonyl (C=O) groups is 1. The zero-order valence-corrected chi connectivity index (χ0v) is 20.6. The van der Waals surface area contributed by atoms with Gasteiger partial charge in [0, 0.05) is 18.1 Å². The molecule has 1 N–H and O–H groups in total. The number of nitrogens with zero attached hydrogens (tertiary/aromatic N) is 2. The largest absolute Gasteiger partial charge is 0.476 e. The molecule has 0 saturated heterocycles. The van der Waals surface area contributed by atoms with Gasteiger partial charge in [-0.05, 0) is 64.9 Å². The summed E-state index contributed by atoms with van der Waals surface area (Å²) < 4.78 is 32.3. The number of nitrogens with one attached hydrogen (secondary N) is 1. The molecule has 2 aromatic carbocycles. The predicted molar refractivity (Wildman–Crippen MR) is 134 cm³/mol. The first-order valence-corrected chi connectivity index (χ1v) is 12.9. The number of amides is 1. The lowest BCUT2D eigenvalue weighted by atomic mass is 9.86. The molecule has 0 unspecified atom stereocenters. The third kappa shape index (κ3) is 5.39. The van der Waals surface area contributed by atoms with E-state index in [0.717, 1.165) is 29.4 Å². The van der Waals surface area contributed by atoms with Crippen molar-refractivity contribution in [2.24, 2.45) is 0 Å². The summed E-state index contributed by atoms with van der Waals surface area (Å²) in [7, 11) is -3.61. The number of pyridine rings is 1. The van der Waals surface area contributed by atoms with Gasteiger partial charge in [-0.1, -0.05) is 39.0 Å². The van der Waals surface area contributed by atoms with Crippen LogP contribution in [0.4, 0.5) is 11.4 Å². The van der Waals surface area contributed by atoms with Gasteiger partial charge in [0.25, 0.3) is 5.91 Å². The number of benzene rings is 2. The summed E-state index contributed by atoms with van der Waals surface area (Å²) in [5, 5.41) is 2.85. The van der Waals surface area contributed by atoms with Gasteiger partial charge >= 0.3 is 0 Å². The van der Waals surface area contributed by atoms with Crippen LogP contribution in [0.5, 0.6) is 5.75 Å². The van der Waals surface area contributed by atoms with Gasteiger partial charge in [0.05, 0.1) is 18.5 Å². The molecule has 1 aliphatic heterocycles. The molecule has 8 heteroatoms. The van der Waals surface area contributed by atoms with E-state index in [2.05, 4.69) is 31.1 Å². The van der Waals surface area contributed by atoms with Crippen LogP contribution in [0, 0.1) is 0 Å². The van der Waals surface area contributed by atoms with Crippen LogP contribution >= 0.6 is 0 Å². The Balaban J connectivity index is 1.50. The van der Waals surface area contributed by atoms with Crippen LogP contribution in [0.3, 0.4) is 0 Å². The van der Waals surface area contributed by atoms with Crippen molar-refractivity contribution >= 4 is 27.3 Å². The summed E-state index contributed by atoms with van der Waals surface area (Å²) in [6.45, 7) is 6.08. The molecule has 0 bridgehead atoms. The third-order valence-electron chi connectivity index (χ3n) is 5.77. The van der Waals surface area contributed by atoms with Crippen LogP contribution in [0.1, 0.15) is 37.5 Å². The molecule has 1 atom stereocenters. The normalized spacial score (nSPS) is 15.9. The lowest BCUT2D eigenvalue weighted by Crippen LogP contribution is -2.48. The van der Waals surface area contributed by atoms with Crippen molar-refractivity contribution in [1.82, 2.24) is 4.98 Å². The lowest BCUT2D eigenvalue weighted by Gasteiger charge is -2.35. The minimum atomic E-state index is -3.61. The molecule has 0 aliphatic carbocycles. The Hall–Kier alpha value is -3.39. The molecule has 178 valence electrons. The second-order valence-corrected chi connectivity index (χ2v) is 11.5. The second-order valence-electron chi connectivity index (χ2n) is 9.55. The Kier molecular flexibility index (Phi) is 6.36. The Bertz CT molecular complexity index is 1280. The topological polar surface area (TPSA) is 88.6 Å². The van der Waals surface area contributed by atoms with Crippen LogP contribution in [0.15, 0.2) is 67.0 Å². The second kappa shape index (κ2) is 9.10. The van der Waals surface area contributed by atoms with Gasteiger partial charge in [-0.2, -0.15) is 0 Å². The number of ether oxygens (including phenoxy) is 1. The molecule has 3 aromatic rings. The van der Waals surface area contributed by atoms with Gasteiger partial charge in [-0.15, -0.1) is 0 Å². The van der Waals surface area contributed by atoms with Gasteiger partial charge < -0.3 is 10.1 Å². The molecule has 0 radical (unpaired) electrons. The predicted octanol–water partition coefficient (Wildman–Crippen LogP) is 4.14. The Morgan fingerprint density at radius 1 is 1.06 bits per heavy atom. The average Bonchev–Trinajstić information content (AvgIpc) is 2.78. The van der Waals surface area contributed by atoms with Crippen molar-refractivity contribution in [1.29, 1.82) is 0 Å². The van der Waals surface area contributed by atoms with E-state index in [1.54, 1.807) is 18.5 Å². The highest BCUT2D eigenvalue weighted by Crippen LogP contribution is 2.38. The van der Waals surface area contributed by atoms with Crippen LogP contribution in [-0.2, 0) is 26.7 Å².